The van der Waals surface area contributed by atoms with E-state index in [1.807, 2.05) is 0 Å². The zero-order valence-corrected chi connectivity index (χ0v) is 14.9. The molecule has 0 spiro atoms. The Bertz CT molecular complexity index is 420. The summed E-state index contributed by atoms with van der Waals surface area (Å²) in [5, 5.41) is 3.21. The van der Waals surface area contributed by atoms with Gasteiger partial charge < -0.3 is 10.1 Å². The van der Waals surface area contributed by atoms with Gasteiger partial charge in [0.25, 0.3) is 0 Å². The summed E-state index contributed by atoms with van der Waals surface area (Å²) < 4.78 is 156. The van der Waals surface area contributed by atoms with Gasteiger partial charge in [-0.25, -0.2) is 13.2 Å². The highest BCUT2D eigenvalue weighted by Gasteiger charge is 2.72. The molecule has 0 saturated carbocycles. The molecule has 0 saturated heterocycles. The molecule has 2 atom stereocenters. The Kier molecular flexibility index (Phi) is 16.9. The second kappa shape index (κ2) is 15.3. The number of hydrogen-bond acceptors (Lipinski definition) is 3. The molecule has 178 valence electrons. The van der Waals surface area contributed by atoms with Gasteiger partial charge in [0.1, 0.15) is 13.3 Å². The van der Waals surface area contributed by atoms with Gasteiger partial charge in [-0.2, -0.15) is 35.9 Å². The largest absolute Gasteiger partial charge is 0.420 e. The molecule has 1 rings (SSSR count). The minimum atomic E-state index is -6.16. The lowest BCUT2D eigenvalue weighted by atomic mass is 10.0. The van der Waals surface area contributed by atoms with E-state index in [1.165, 1.54) is 13.1 Å². The van der Waals surface area contributed by atoms with Gasteiger partial charge in [0.05, 0.1) is 20.1 Å². The Balaban J connectivity index is -0.000000499. The van der Waals surface area contributed by atoms with Gasteiger partial charge >= 0.3 is 18.0 Å². The fourth-order valence-electron chi connectivity index (χ4n) is 1.27. The van der Waals surface area contributed by atoms with E-state index in [1.54, 1.807) is 6.20 Å². The Morgan fingerprint density at radius 2 is 1.45 bits per heavy atom. The van der Waals surface area contributed by atoms with E-state index in [4.69, 9.17) is 0 Å². The van der Waals surface area contributed by atoms with E-state index in [0.29, 0.717) is 19.0 Å². The number of rotatable bonds is 6. The van der Waals surface area contributed by atoms with Crippen molar-refractivity contribution >= 4 is 0 Å². The lowest BCUT2D eigenvalue weighted by Crippen LogP contribution is -2.60. The topological polar surface area (TPSA) is 24.5 Å². The molecule has 0 fully saturated rings. The van der Waals surface area contributed by atoms with Crippen LogP contribution in [0.25, 0.3) is 0 Å². The van der Waals surface area contributed by atoms with E-state index < -0.39 is 43.8 Å². The van der Waals surface area contributed by atoms with Crippen LogP contribution in [-0.2, 0) is 4.74 Å². The number of hydrogen-bond donors (Lipinski definition) is 1. The van der Waals surface area contributed by atoms with Crippen LogP contribution in [0.5, 0.6) is 0 Å². The summed E-state index contributed by atoms with van der Waals surface area (Å²) in [5.41, 5.74) is 0. The summed E-state index contributed by atoms with van der Waals surface area (Å²) in [7, 11) is 0.500. The first kappa shape index (κ1) is 32.1. The van der Waals surface area contributed by atoms with E-state index in [9.17, 15) is 57.2 Å². The van der Waals surface area contributed by atoms with Gasteiger partial charge in [0.2, 0.25) is 6.10 Å². The highest BCUT2D eigenvalue weighted by atomic mass is 19.4. The van der Waals surface area contributed by atoms with Crippen molar-refractivity contribution < 1.29 is 61.9 Å². The van der Waals surface area contributed by atoms with Crippen LogP contribution in [-0.4, -0.2) is 69.5 Å². The maximum absolute atomic E-state index is 12.8. The maximum atomic E-state index is 12.8. The van der Waals surface area contributed by atoms with Crippen LogP contribution in [0, 0.1) is 0 Å². The quantitative estimate of drug-likeness (QED) is 0.430. The van der Waals surface area contributed by atoms with E-state index in [2.05, 4.69) is 10.1 Å². The molecule has 0 aromatic carbocycles. The van der Waals surface area contributed by atoms with Crippen LogP contribution in [0.2, 0.25) is 0 Å². The zero-order valence-electron chi connectivity index (χ0n) is 14.9. The monoisotopic (exact) mass is 466 g/mol. The van der Waals surface area contributed by atoms with Crippen LogP contribution < -0.4 is 5.32 Å². The molecule has 3 nitrogen and oxygen atoms in total. The molecule has 1 aliphatic heterocycles. The SMILES string of the molecule is CCF.CF.FCOC(C(F)(F)F)C(F)(F)C(F)(F)C(F)CF.FN1C=CNC1. The predicted molar refractivity (Wildman–Crippen MR) is 76.4 cm³/mol. The average Bonchev–Trinajstić information content (AvgIpc) is 3.11. The minimum Gasteiger partial charge on any atom is -0.370 e. The molecule has 0 radical (unpaired) electrons. The second-order valence-corrected chi connectivity index (χ2v) is 4.41. The Labute approximate surface area is 157 Å². The number of ether oxygens (including phenoxy) is 1. The highest BCUT2D eigenvalue weighted by molar-refractivity contribution is 4.99. The second-order valence-electron chi connectivity index (χ2n) is 4.41. The zero-order chi connectivity index (χ0) is 23.9. The average molecular weight is 466 g/mol. The first-order chi connectivity index (χ1) is 13.2. The van der Waals surface area contributed by atoms with Crippen molar-refractivity contribution in [2.75, 3.05) is 34.1 Å². The number of nitrogens with one attached hydrogen (secondary N) is 1. The van der Waals surface area contributed by atoms with Crippen LogP contribution in [0.3, 0.4) is 0 Å². The molecule has 0 aliphatic carbocycles. The van der Waals surface area contributed by atoms with Gasteiger partial charge in [0, 0.05) is 6.20 Å². The summed E-state index contributed by atoms with van der Waals surface area (Å²) in [6, 6.07) is 0. The van der Waals surface area contributed by atoms with E-state index >= 15 is 0 Å². The first-order valence-electron chi connectivity index (χ1n) is 7.20. The molecule has 0 amide bonds. The van der Waals surface area contributed by atoms with Crippen molar-refractivity contribution in [1.29, 1.82) is 0 Å². The lowest BCUT2D eigenvalue weighted by molar-refractivity contribution is -0.350. The van der Waals surface area contributed by atoms with Gasteiger partial charge in [-0.3, -0.25) is 8.78 Å². The Morgan fingerprint density at radius 1 is 1.00 bits per heavy atom. The summed E-state index contributed by atoms with van der Waals surface area (Å²) in [4.78, 5) is 0. The Hall–Kier alpha value is -1.61. The summed E-state index contributed by atoms with van der Waals surface area (Å²) in [6.45, 7) is -3.59. The fourth-order valence-corrected chi connectivity index (χ4v) is 1.27. The van der Waals surface area contributed by atoms with Crippen molar-refractivity contribution in [3.63, 3.8) is 0 Å². The van der Waals surface area contributed by atoms with Crippen molar-refractivity contribution in [2.24, 2.45) is 0 Å². The molecule has 1 aliphatic rings. The summed E-state index contributed by atoms with van der Waals surface area (Å²) in [5.74, 6) is -12.2. The van der Waals surface area contributed by atoms with Crippen molar-refractivity contribution in [3.05, 3.63) is 12.4 Å². The number of alkyl halides is 12. The highest BCUT2D eigenvalue weighted by Crippen LogP contribution is 2.46. The maximum Gasteiger partial charge on any atom is 0.420 e. The fraction of sp³-hybridized carbons (Fsp3) is 0.846. The van der Waals surface area contributed by atoms with Gasteiger partial charge in [-0.1, -0.05) is 4.48 Å². The van der Waals surface area contributed by atoms with E-state index in [-0.39, 0.29) is 6.67 Å². The smallest absolute Gasteiger partial charge is 0.370 e. The van der Waals surface area contributed by atoms with Crippen LogP contribution >= 0.6 is 0 Å². The third-order valence-electron chi connectivity index (χ3n) is 2.43. The molecule has 1 N–H and O–H groups in total. The van der Waals surface area contributed by atoms with Gasteiger partial charge in [-0.05, 0) is 6.92 Å². The van der Waals surface area contributed by atoms with Crippen LogP contribution in [0.4, 0.5) is 57.2 Å². The third kappa shape index (κ3) is 11.2. The molecule has 29 heavy (non-hydrogen) atoms. The van der Waals surface area contributed by atoms with Crippen molar-refractivity contribution in [1.82, 2.24) is 10.4 Å². The molecule has 1 heterocycles. The molecule has 16 heteroatoms. The normalized spacial score (nSPS) is 15.6. The standard InChI is InChI=1S/C7H6F10O.C3H5FN2.C2H5F.CH3F/c8-1-3(10)5(11,12)6(13,14)4(18-2-9)7(15,16)17;4-6-2-1-5-3-6;1-2-3;1-2/h3-4H,1-2H2;1-2,5H,3H2;2H2,1H3;1H3. The summed E-state index contributed by atoms with van der Waals surface area (Å²) in [6.07, 6.45) is -12.0. The molecule has 0 aromatic rings. The minimum absolute atomic E-state index is 0.250. The van der Waals surface area contributed by atoms with Gasteiger partial charge in [0.15, 0.2) is 13.0 Å². The lowest BCUT2D eigenvalue weighted by Gasteiger charge is -2.34. The molecule has 0 bridgehead atoms. The molecule has 0 aromatic heterocycles. The van der Waals surface area contributed by atoms with E-state index in [0.717, 1.165) is 0 Å². The van der Waals surface area contributed by atoms with Crippen LogP contribution in [0.15, 0.2) is 12.4 Å². The number of nitrogens with zero attached hydrogens (tertiary/aromatic N) is 1. The number of halogens is 13. The van der Waals surface area contributed by atoms with Crippen LogP contribution in [0.1, 0.15) is 6.92 Å². The third-order valence-corrected chi connectivity index (χ3v) is 2.43. The molecule has 2 unspecified atom stereocenters. The molecular formula is C13H19F13N2O. The predicted octanol–water partition coefficient (Wildman–Crippen LogP) is 5.21. The van der Waals surface area contributed by atoms with Crippen molar-refractivity contribution in [3.8, 4) is 0 Å². The Morgan fingerprint density at radius 3 is 1.66 bits per heavy atom. The molecular weight excluding hydrogens is 447 g/mol. The summed E-state index contributed by atoms with van der Waals surface area (Å²) >= 11 is 0. The van der Waals surface area contributed by atoms with Crippen molar-refractivity contribution in [2.45, 2.75) is 37.2 Å². The van der Waals surface area contributed by atoms with Gasteiger partial charge in [-0.15, -0.1) is 0 Å². The first-order valence-corrected chi connectivity index (χ1v) is 7.20.